The van der Waals surface area contributed by atoms with Crippen molar-refractivity contribution in [3.63, 3.8) is 0 Å². The van der Waals surface area contributed by atoms with Crippen molar-refractivity contribution in [2.24, 2.45) is 0 Å². The zero-order valence-corrected chi connectivity index (χ0v) is 13.8. The zero-order valence-electron chi connectivity index (χ0n) is 5.39. The Bertz CT molecular complexity index is 109. The second kappa shape index (κ2) is 5.59. The molecule has 0 amide bonds. The molecular formula is C3H6Cl6SiSn. The SMILES string of the molecule is Cl[Si]1(Cl)CCC1.[Cl][Sn]([Cl])([Cl])[Cl]. The van der Waals surface area contributed by atoms with E-state index in [0.717, 1.165) is 12.1 Å². The van der Waals surface area contributed by atoms with Gasteiger partial charge in [-0.3, -0.25) is 0 Å². The van der Waals surface area contributed by atoms with Gasteiger partial charge in [-0.1, -0.05) is 6.42 Å². The van der Waals surface area contributed by atoms with E-state index in [-0.39, 0.29) is 0 Å². The Kier molecular flexibility index (Phi) is 6.99. The second-order valence-electron chi connectivity index (χ2n) is 2.14. The van der Waals surface area contributed by atoms with Gasteiger partial charge in [0, 0.05) is 0 Å². The van der Waals surface area contributed by atoms with Crippen molar-refractivity contribution < 1.29 is 0 Å². The van der Waals surface area contributed by atoms with E-state index >= 15 is 0 Å². The molecule has 0 radical (unpaired) electrons. The van der Waals surface area contributed by atoms with Gasteiger partial charge in [-0.25, -0.2) is 0 Å². The molecule has 0 aromatic rings. The molecule has 0 bridgehead atoms. The molecule has 8 heteroatoms. The molecule has 68 valence electrons. The summed E-state index contributed by atoms with van der Waals surface area (Å²) in [4.78, 5) is 0. The van der Waals surface area contributed by atoms with Gasteiger partial charge in [-0.2, -0.15) is 0 Å². The van der Waals surface area contributed by atoms with Gasteiger partial charge < -0.3 is 0 Å². The van der Waals surface area contributed by atoms with Gasteiger partial charge in [0.15, 0.2) is 0 Å². The normalized spacial score (nSPS) is 21.3. The summed E-state index contributed by atoms with van der Waals surface area (Å²) in [6.45, 7) is -1.51. The van der Waals surface area contributed by atoms with Crippen LogP contribution >= 0.6 is 57.8 Å². The Balaban J connectivity index is 0.000000187. The molecule has 1 saturated heterocycles. The van der Waals surface area contributed by atoms with Crippen LogP contribution in [0.15, 0.2) is 0 Å². The molecule has 0 saturated carbocycles. The predicted octanol–water partition coefficient (Wildman–Crippen LogP) is 4.69. The molecule has 0 aromatic heterocycles. The summed E-state index contributed by atoms with van der Waals surface area (Å²) in [6, 6.07) is 2.24. The fourth-order valence-electron chi connectivity index (χ4n) is 0.444. The molecule has 1 heterocycles. The van der Waals surface area contributed by atoms with Crippen LogP contribution in [0.25, 0.3) is 0 Å². The third-order valence-electron chi connectivity index (χ3n) is 1.09. The van der Waals surface area contributed by atoms with Crippen LogP contribution in [0.3, 0.4) is 0 Å². The fraction of sp³-hybridized carbons (Fsp3) is 1.00. The quantitative estimate of drug-likeness (QED) is 0.408. The summed E-state index contributed by atoms with van der Waals surface area (Å²) in [5.41, 5.74) is 0. The molecule has 1 aliphatic rings. The second-order valence-corrected chi connectivity index (χ2v) is 35.2. The van der Waals surface area contributed by atoms with Crippen LogP contribution in [0.2, 0.25) is 12.1 Å². The summed E-state index contributed by atoms with van der Waals surface area (Å²) >= 11 is 8.13. The summed E-state index contributed by atoms with van der Waals surface area (Å²) in [5.74, 6) is 0. The molecule has 0 N–H and O–H groups in total. The zero-order chi connectivity index (χ0) is 9.12. The maximum atomic E-state index is 5.71. The van der Waals surface area contributed by atoms with Gasteiger partial charge in [-0.05, 0) is 12.1 Å². The van der Waals surface area contributed by atoms with Gasteiger partial charge >= 0.3 is 49.6 Å². The molecule has 1 rings (SSSR count). The monoisotopic (exact) mass is 400 g/mol. The van der Waals surface area contributed by atoms with Crippen LogP contribution in [-0.4, -0.2) is 20.6 Å². The number of rotatable bonds is 0. The molecule has 0 aliphatic carbocycles. The van der Waals surface area contributed by atoms with Gasteiger partial charge in [0.05, 0.1) is 0 Å². The van der Waals surface area contributed by atoms with E-state index in [1.165, 1.54) is 6.42 Å². The number of halogens is 6. The average Bonchev–Trinajstić information content (AvgIpc) is 1.57. The first-order valence-corrected chi connectivity index (χ1v) is 21.7. The van der Waals surface area contributed by atoms with Crippen molar-refractivity contribution in [2.75, 3.05) is 0 Å². The van der Waals surface area contributed by atoms with E-state index in [0.29, 0.717) is 0 Å². The van der Waals surface area contributed by atoms with Crippen LogP contribution in [-0.2, 0) is 0 Å². The van der Waals surface area contributed by atoms with Crippen molar-refractivity contribution in [2.45, 2.75) is 18.5 Å². The van der Waals surface area contributed by atoms with Gasteiger partial charge in [-0.15, -0.1) is 22.2 Å². The number of hydrogen-bond donors (Lipinski definition) is 0. The third kappa shape index (κ3) is 12.8. The maximum absolute atomic E-state index is 5.71. The fourth-order valence-corrected chi connectivity index (χ4v) is 2.94. The van der Waals surface area contributed by atoms with Crippen molar-refractivity contribution in [3.8, 4) is 0 Å². The Labute approximate surface area is 95.6 Å². The van der Waals surface area contributed by atoms with Crippen LogP contribution in [0.1, 0.15) is 6.42 Å². The first kappa shape index (κ1) is 13.8. The standard InChI is InChI=1S/C3H6Cl2Si.4ClH.Sn/c4-6(5)2-1-3-6;;;;;/h1-3H2;4*1H;/q;;;;;+4/p-4. The minimum absolute atomic E-state index is 1.12. The molecule has 11 heavy (non-hydrogen) atoms. The summed E-state index contributed by atoms with van der Waals surface area (Å²) < 4.78 is 0. The summed E-state index contributed by atoms with van der Waals surface area (Å²) in [7, 11) is 20.1. The average molecular weight is 402 g/mol. The van der Waals surface area contributed by atoms with Crippen LogP contribution < -0.4 is 0 Å². The van der Waals surface area contributed by atoms with Crippen molar-refractivity contribution in [1.82, 2.24) is 0 Å². The van der Waals surface area contributed by atoms with Crippen LogP contribution in [0, 0.1) is 0 Å². The first-order valence-electron chi connectivity index (χ1n) is 2.84. The predicted molar refractivity (Wildman–Crippen MR) is 60.9 cm³/mol. The van der Waals surface area contributed by atoms with Gasteiger partial charge in [0.1, 0.15) is 0 Å². The molecule has 0 aromatic carbocycles. The van der Waals surface area contributed by atoms with Crippen molar-refractivity contribution in [1.29, 1.82) is 0 Å². The summed E-state index contributed by atoms with van der Waals surface area (Å²) in [5, 5.41) is 0. The minimum atomic E-state index is -3.29. The first-order chi connectivity index (χ1) is 4.71. The van der Waals surface area contributed by atoms with E-state index < -0.39 is 20.6 Å². The Morgan fingerprint density at radius 1 is 0.909 bits per heavy atom. The van der Waals surface area contributed by atoms with Gasteiger partial charge in [0.25, 0.3) is 6.69 Å². The van der Waals surface area contributed by atoms with Crippen LogP contribution in [0.5, 0.6) is 0 Å². The molecule has 0 spiro atoms. The molecular weight excluding hydrogens is 396 g/mol. The molecule has 0 nitrogen and oxygen atoms in total. The van der Waals surface area contributed by atoms with E-state index in [1.807, 2.05) is 0 Å². The van der Waals surface area contributed by atoms with E-state index in [1.54, 1.807) is 0 Å². The third-order valence-corrected chi connectivity index (χ3v) is 5.52. The Morgan fingerprint density at radius 2 is 1.09 bits per heavy atom. The van der Waals surface area contributed by atoms with E-state index in [2.05, 4.69) is 0 Å². The molecule has 0 unspecified atom stereocenters. The van der Waals surface area contributed by atoms with Crippen LogP contribution in [0.4, 0.5) is 0 Å². The Morgan fingerprint density at radius 3 is 1.09 bits per heavy atom. The van der Waals surface area contributed by atoms with E-state index in [4.69, 9.17) is 57.8 Å². The van der Waals surface area contributed by atoms with Crippen molar-refractivity contribution in [3.05, 3.63) is 0 Å². The van der Waals surface area contributed by atoms with Gasteiger partial charge in [0.2, 0.25) is 0 Å². The van der Waals surface area contributed by atoms with E-state index in [9.17, 15) is 0 Å². The number of hydrogen-bond acceptors (Lipinski definition) is 0. The molecule has 0 atom stereocenters. The Hall–Kier alpha value is 2.76. The molecule has 1 aliphatic heterocycles. The topological polar surface area (TPSA) is 0 Å². The summed E-state index contributed by atoms with van der Waals surface area (Å²) in [6.07, 6.45) is 1.26. The van der Waals surface area contributed by atoms with Crippen molar-refractivity contribution >= 4 is 78.4 Å². The molecule has 1 fully saturated rings.